The van der Waals surface area contributed by atoms with Crippen LogP contribution in [0.3, 0.4) is 0 Å². The van der Waals surface area contributed by atoms with E-state index >= 15 is 0 Å². The van der Waals surface area contributed by atoms with E-state index in [1.165, 1.54) is 11.3 Å². The number of nitrogens with zero attached hydrogens (tertiary/aromatic N) is 1. The van der Waals surface area contributed by atoms with Gasteiger partial charge in [0.2, 0.25) is 17.5 Å². The first-order valence-electron chi connectivity index (χ1n) is 12.4. The van der Waals surface area contributed by atoms with Gasteiger partial charge >= 0.3 is 5.97 Å². The third-order valence-corrected chi connectivity index (χ3v) is 6.97. The van der Waals surface area contributed by atoms with Crippen LogP contribution in [0.4, 0.5) is 17.6 Å². The van der Waals surface area contributed by atoms with Crippen molar-refractivity contribution in [1.82, 2.24) is 10.2 Å². The molecule has 1 aromatic heterocycles. The van der Waals surface area contributed by atoms with Crippen LogP contribution >= 0.6 is 11.3 Å². The van der Waals surface area contributed by atoms with Crippen LogP contribution in [-0.4, -0.2) is 66.2 Å². The molecule has 0 aliphatic carbocycles. The molecule has 0 radical (unpaired) electrons. The molecule has 3 rings (SSSR count). The van der Waals surface area contributed by atoms with Gasteiger partial charge in [-0.3, -0.25) is 14.4 Å². The number of hydrogen-bond donors (Lipinski definition) is 2. The summed E-state index contributed by atoms with van der Waals surface area (Å²) in [6.07, 6.45) is -1.54. The number of halogens is 4. The summed E-state index contributed by atoms with van der Waals surface area (Å²) in [4.78, 5) is 40.1. The first kappa shape index (κ1) is 30.4. The summed E-state index contributed by atoms with van der Waals surface area (Å²) >= 11 is 1.32. The number of carbonyl (C=O) groups is 3. The predicted octanol–water partition coefficient (Wildman–Crippen LogP) is 3.67. The molecule has 2 heterocycles. The van der Waals surface area contributed by atoms with Gasteiger partial charge in [-0.2, -0.15) is 8.78 Å². The van der Waals surface area contributed by atoms with Crippen molar-refractivity contribution >= 4 is 29.1 Å². The second kappa shape index (κ2) is 13.7. The number of aliphatic hydroxyl groups excluding tert-OH is 1. The molecule has 1 saturated heterocycles. The van der Waals surface area contributed by atoms with Gasteiger partial charge in [-0.05, 0) is 30.2 Å². The lowest BCUT2D eigenvalue weighted by Crippen LogP contribution is -2.51. The summed E-state index contributed by atoms with van der Waals surface area (Å²) < 4.78 is 64.8. The zero-order valence-corrected chi connectivity index (χ0v) is 22.2. The van der Waals surface area contributed by atoms with Crippen molar-refractivity contribution in [2.45, 2.75) is 45.3 Å². The topological polar surface area (TPSA) is 105 Å². The molecular weight excluding hydrogens is 544 g/mol. The van der Waals surface area contributed by atoms with E-state index in [2.05, 4.69) is 5.32 Å². The maximum Gasteiger partial charge on any atom is 0.307 e. The number of ether oxygens (including phenoxy) is 2. The fourth-order valence-corrected chi connectivity index (χ4v) is 4.64. The van der Waals surface area contributed by atoms with Gasteiger partial charge in [-0.25, -0.2) is 8.78 Å². The van der Waals surface area contributed by atoms with Gasteiger partial charge < -0.3 is 24.8 Å². The van der Waals surface area contributed by atoms with E-state index < -0.39 is 72.0 Å². The van der Waals surface area contributed by atoms with E-state index in [1.54, 1.807) is 22.4 Å². The lowest BCUT2D eigenvalue weighted by atomic mass is 9.94. The van der Waals surface area contributed by atoms with Gasteiger partial charge in [-0.1, -0.05) is 19.9 Å². The van der Waals surface area contributed by atoms with E-state index in [-0.39, 0.29) is 24.5 Å². The lowest BCUT2D eigenvalue weighted by Gasteiger charge is -2.32. The highest BCUT2D eigenvalue weighted by atomic mass is 32.1. The molecule has 0 saturated carbocycles. The van der Waals surface area contributed by atoms with E-state index in [1.807, 2.05) is 13.8 Å². The molecule has 1 aliphatic heterocycles. The smallest absolute Gasteiger partial charge is 0.307 e. The Hall–Kier alpha value is -3.19. The molecule has 2 N–H and O–H groups in total. The Balaban J connectivity index is 1.64. The molecule has 39 heavy (non-hydrogen) atoms. The molecule has 0 spiro atoms. The molecule has 2 atom stereocenters. The van der Waals surface area contributed by atoms with Gasteiger partial charge in [0.05, 0.1) is 23.9 Å². The lowest BCUT2D eigenvalue weighted by molar-refractivity contribution is -0.146. The minimum absolute atomic E-state index is 0.0149. The van der Waals surface area contributed by atoms with E-state index in [4.69, 9.17) is 9.47 Å². The molecule has 1 unspecified atom stereocenters. The molecule has 1 fully saturated rings. The molecular formula is C26H30F4N2O6S. The Morgan fingerprint density at radius 1 is 1.10 bits per heavy atom. The maximum absolute atomic E-state index is 14.0. The Bertz CT molecular complexity index is 1130. The Morgan fingerprint density at radius 3 is 2.31 bits per heavy atom. The largest absolute Gasteiger partial charge is 0.485 e. The highest BCUT2D eigenvalue weighted by Gasteiger charge is 2.33. The third-order valence-electron chi connectivity index (χ3n) is 6.11. The van der Waals surface area contributed by atoms with E-state index in [9.17, 15) is 37.1 Å². The summed E-state index contributed by atoms with van der Waals surface area (Å²) in [6, 6.07) is 2.20. The molecule has 214 valence electrons. The van der Waals surface area contributed by atoms with Crippen LogP contribution in [0.1, 0.15) is 42.8 Å². The number of rotatable bonds is 11. The number of benzene rings is 1. The fourth-order valence-electron chi connectivity index (χ4n) is 3.95. The van der Waals surface area contributed by atoms with Crippen molar-refractivity contribution in [3.8, 4) is 5.75 Å². The molecule has 0 bridgehead atoms. The Kier molecular flexibility index (Phi) is 10.7. The molecule has 13 heteroatoms. The van der Waals surface area contributed by atoms with Gasteiger partial charge in [0.1, 0.15) is 12.7 Å². The third kappa shape index (κ3) is 8.15. The van der Waals surface area contributed by atoms with Crippen LogP contribution in [0.2, 0.25) is 0 Å². The van der Waals surface area contributed by atoms with Crippen molar-refractivity contribution in [1.29, 1.82) is 0 Å². The summed E-state index contributed by atoms with van der Waals surface area (Å²) in [5.74, 6) is -10.2. The summed E-state index contributed by atoms with van der Waals surface area (Å²) in [7, 11) is 0. The number of hydrogen-bond acceptors (Lipinski definition) is 7. The van der Waals surface area contributed by atoms with Crippen molar-refractivity contribution in [2.75, 3.05) is 26.3 Å². The van der Waals surface area contributed by atoms with E-state index in [0.717, 1.165) is 0 Å². The first-order chi connectivity index (χ1) is 18.5. The normalized spacial score (nSPS) is 15.6. The van der Waals surface area contributed by atoms with Gasteiger partial charge in [0, 0.05) is 25.1 Å². The first-order valence-corrected chi connectivity index (χ1v) is 13.3. The number of carbonyl (C=O) groups excluding carboxylic acids is 3. The average molecular weight is 575 g/mol. The minimum Gasteiger partial charge on any atom is -0.485 e. The van der Waals surface area contributed by atoms with Crippen LogP contribution in [0.5, 0.6) is 5.75 Å². The van der Waals surface area contributed by atoms with Gasteiger partial charge in [-0.15, -0.1) is 11.3 Å². The Morgan fingerprint density at radius 2 is 1.74 bits per heavy atom. The standard InChI is InChI=1S/C26H30F4N2O6S/c1-14(2)12-37-21(34)11-18(19(33)13-38-24-22(29)16(27)10-17(28)23(24)30)31-25(35)15-5-7-32(8-6-15)26(36)20-4-3-9-39-20/h3-4,9-10,14-15,18-19,33H,5-8,11-13H2,1-2H3,(H,31,35)/t18-,19?/m0/s1. The highest BCUT2D eigenvalue weighted by Crippen LogP contribution is 2.27. The van der Waals surface area contributed by atoms with E-state index in [0.29, 0.717) is 30.8 Å². The predicted molar refractivity (Wildman–Crippen MR) is 133 cm³/mol. The van der Waals surface area contributed by atoms with Crippen molar-refractivity contribution in [2.24, 2.45) is 11.8 Å². The Labute approximate surface area is 226 Å². The quantitative estimate of drug-likeness (QED) is 0.241. The van der Waals surface area contributed by atoms with Gasteiger partial charge in [0.15, 0.2) is 17.4 Å². The molecule has 1 aliphatic rings. The minimum atomic E-state index is -1.79. The highest BCUT2D eigenvalue weighted by molar-refractivity contribution is 7.12. The fraction of sp³-hybridized carbons (Fsp3) is 0.500. The van der Waals surface area contributed by atoms with Crippen LogP contribution in [0, 0.1) is 35.1 Å². The summed E-state index contributed by atoms with van der Waals surface area (Å²) in [5.41, 5.74) is 0. The van der Waals surface area contributed by atoms with Gasteiger partial charge in [0.25, 0.3) is 5.91 Å². The summed E-state index contributed by atoms with van der Waals surface area (Å²) in [6.45, 7) is 3.46. The number of nitrogens with one attached hydrogen (secondary N) is 1. The summed E-state index contributed by atoms with van der Waals surface area (Å²) in [5, 5.41) is 15.0. The average Bonchev–Trinajstić information content (AvgIpc) is 3.45. The molecule has 8 nitrogen and oxygen atoms in total. The molecule has 2 aromatic rings. The number of likely N-dealkylation sites (tertiary alicyclic amines) is 1. The van der Waals surface area contributed by atoms with Crippen molar-refractivity contribution in [3.05, 3.63) is 51.7 Å². The zero-order chi connectivity index (χ0) is 28.7. The monoisotopic (exact) mass is 574 g/mol. The van der Waals surface area contributed by atoms with Crippen molar-refractivity contribution in [3.63, 3.8) is 0 Å². The second-order valence-electron chi connectivity index (χ2n) is 9.62. The number of piperidine rings is 1. The SMILES string of the molecule is CC(C)COC(=O)C[C@H](NC(=O)C1CCN(C(=O)c2cccs2)CC1)C(O)COc1c(F)c(F)cc(F)c1F. The van der Waals surface area contributed by atoms with Crippen LogP contribution in [-0.2, 0) is 14.3 Å². The van der Waals surface area contributed by atoms with Crippen LogP contribution in [0.25, 0.3) is 0 Å². The number of amides is 2. The zero-order valence-electron chi connectivity index (χ0n) is 21.4. The number of aliphatic hydroxyl groups is 1. The van der Waals surface area contributed by atoms with Crippen LogP contribution in [0.15, 0.2) is 23.6 Å². The number of esters is 1. The second-order valence-corrected chi connectivity index (χ2v) is 10.6. The number of thiophene rings is 1. The van der Waals surface area contributed by atoms with Crippen LogP contribution < -0.4 is 10.1 Å². The van der Waals surface area contributed by atoms with Crippen molar-refractivity contribution < 1.29 is 46.5 Å². The maximum atomic E-state index is 14.0. The molecule has 2 amide bonds. The molecule has 1 aromatic carbocycles.